The summed E-state index contributed by atoms with van der Waals surface area (Å²) in [7, 11) is 0. The molecular weight excluding hydrogens is 373 g/mol. The van der Waals surface area contributed by atoms with Gasteiger partial charge in [0.25, 0.3) is 17.6 Å². The molecule has 6 nitrogen and oxygen atoms in total. The number of carbonyl (C=O) groups is 3. The van der Waals surface area contributed by atoms with Gasteiger partial charge in [0.2, 0.25) is 0 Å². The van der Waals surface area contributed by atoms with E-state index in [-0.39, 0.29) is 5.56 Å². The standard InChI is InChI=1S/C22H20FN3O3/c1-3-22(9-10-22)25-21(29)19(27)17-13(2)18(26-11-5-8-16(17)26)20(28)24-15-7-4-6-14(23)12-15/h1,4,6-7,12H,5,8-11H2,2H3,(H,24,28)(H,25,29). The van der Waals surface area contributed by atoms with E-state index in [0.717, 1.165) is 6.42 Å². The minimum absolute atomic E-state index is 0.261. The number of nitrogens with zero attached hydrogens (tertiary/aromatic N) is 1. The van der Waals surface area contributed by atoms with Crippen LogP contribution in [0.2, 0.25) is 0 Å². The van der Waals surface area contributed by atoms with Gasteiger partial charge in [0, 0.05) is 17.9 Å². The molecule has 2 heterocycles. The van der Waals surface area contributed by atoms with Crippen LogP contribution < -0.4 is 10.6 Å². The molecule has 29 heavy (non-hydrogen) atoms. The van der Waals surface area contributed by atoms with Crippen molar-refractivity contribution in [2.24, 2.45) is 0 Å². The van der Waals surface area contributed by atoms with Gasteiger partial charge in [-0.05, 0) is 56.4 Å². The molecule has 2 N–H and O–H groups in total. The average Bonchev–Trinajstić information content (AvgIpc) is 3.20. The van der Waals surface area contributed by atoms with Gasteiger partial charge in [-0.3, -0.25) is 14.4 Å². The summed E-state index contributed by atoms with van der Waals surface area (Å²) in [4.78, 5) is 38.3. The average molecular weight is 393 g/mol. The predicted octanol–water partition coefficient (Wildman–Crippen LogP) is 2.60. The van der Waals surface area contributed by atoms with Crippen molar-refractivity contribution in [1.82, 2.24) is 9.88 Å². The maximum Gasteiger partial charge on any atom is 0.293 e. The summed E-state index contributed by atoms with van der Waals surface area (Å²) in [5, 5.41) is 5.31. The summed E-state index contributed by atoms with van der Waals surface area (Å²) in [5.41, 5.74) is 1.30. The summed E-state index contributed by atoms with van der Waals surface area (Å²) < 4.78 is 15.2. The number of aromatic nitrogens is 1. The maximum atomic E-state index is 13.4. The Morgan fingerprint density at radius 3 is 2.69 bits per heavy atom. The van der Waals surface area contributed by atoms with Crippen molar-refractivity contribution >= 4 is 23.3 Å². The molecule has 2 aromatic rings. The third-order valence-electron chi connectivity index (χ3n) is 5.52. The van der Waals surface area contributed by atoms with Crippen molar-refractivity contribution < 1.29 is 18.8 Å². The lowest BCUT2D eigenvalue weighted by atomic mass is 10.0. The second-order valence-electron chi connectivity index (χ2n) is 7.52. The van der Waals surface area contributed by atoms with Crippen molar-refractivity contribution in [2.75, 3.05) is 5.32 Å². The minimum atomic E-state index is -0.749. The number of halogens is 1. The highest BCUT2D eigenvalue weighted by Gasteiger charge is 2.44. The largest absolute Gasteiger partial charge is 0.340 e. The van der Waals surface area contributed by atoms with Crippen molar-refractivity contribution in [3.05, 3.63) is 52.6 Å². The first-order valence-electron chi connectivity index (χ1n) is 9.49. The predicted molar refractivity (Wildman–Crippen MR) is 105 cm³/mol. The Kier molecular flexibility index (Phi) is 4.50. The number of nitrogens with one attached hydrogen (secondary N) is 2. The molecule has 2 amide bonds. The second-order valence-corrected chi connectivity index (χ2v) is 7.52. The highest BCUT2D eigenvalue weighted by atomic mass is 19.1. The fourth-order valence-electron chi connectivity index (χ4n) is 3.89. The number of anilines is 1. The smallest absolute Gasteiger partial charge is 0.293 e. The van der Waals surface area contributed by atoms with Gasteiger partial charge in [-0.2, -0.15) is 0 Å². The van der Waals surface area contributed by atoms with Crippen molar-refractivity contribution in [3.63, 3.8) is 0 Å². The molecular formula is C22H20FN3O3. The summed E-state index contributed by atoms with van der Waals surface area (Å²) >= 11 is 0. The van der Waals surface area contributed by atoms with E-state index in [1.54, 1.807) is 17.6 Å². The zero-order valence-corrected chi connectivity index (χ0v) is 16.0. The van der Waals surface area contributed by atoms with Crippen LogP contribution in [0.15, 0.2) is 24.3 Å². The zero-order chi connectivity index (χ0) is 20.8. The van der Waals surface area contributed by atoms with Crippen LogP contribution in [-0.2, 0) is 17.8 Å². The quantitative estimate of drug-likeness (QED) is 0.466. The van der Waals surface area contributed by atoms with Gasteiger partial charge in [0.05, 0.1) is 5.56 Å². The molecule has 0 saturated heterocycles. The van der Waals surface area contributed by atoms with E-state index in [2.05, 4.69) is 16.6 Å². The molecule has 1 aromatic carbocycles. The van der Waals surface area contributed by atoms with Gasteiger partial charge in [-0.25, -0.2) is 4.39 Å². The van der Waals surface area contributed by atoms with Crippen molar-refractivity contribution in [2.45, 2.75) is 44.7 Å². The third-order valence-corrected chi connectivity index (χ3v) is 5.52. The van der Waals surface area contributed by atoms with Crippen LogP contribution in [0.4, 0.5) is 10.1 Å². The van der Waals surface area contributed by atoms with E-state index in [1.807, 2.05) is 0 Å². The summed E-state index contributed by atoms with van der Waals surface area (Å²) in [6.07, 6.45) is 8.11. The van der Waals surface area contributed by atoms with Crippen LogP contribution >= 0.6 is 0 Å². The number of hydrogen-bond donors (Lipinski definition) is 2. The van der Waals surface area contributed by atoms with Crippen molar-refractivity contribution in [1.29, 1.82) is 0 Å². The number of carbonyl (C=O) groups excluding carboxylic acids is 3. The molecule has 0 radical (unpaired) electrons. The molecule has 1 aliphatic carbocycles. The Labute approximate surface area is 167 Å². The van der Waals surface area contributed by atoms with E-state index in [9.17, 15) is 18.8 Å². The zero-order valence-electron chi connectivity index (χ0n) is 16.0. The number of benzene rings is 1. The fourth-order valence-corrected chi connectivity index (χ4v) is 3.89. The summed E-state index contributed by atoms with van der Waals surface area (Å²) in [5.74, 6) is 0.188. The molecule has 1 aliphatic heterocycles. The normalized spacial score (nSPS) is 15.9. The van der Waals surface area contributed by atoms with Gasteiger partial charge in [-0.1, -0.05) is 12.0 Å². The Morgan fingerprint density at radius 1 is 1.28 bits per heavy atom. The van der Waals surface area contributed by atoms with E-state index in [4.69, 9.17) is 6.42 Å². The highest BCUT2D eigenvalue weighted by molar-refractivity contribution is 6.44. The lowest BCUT2D eigenvalue weighted by molar-refractivity contribution is -0.117. The second kappa shape index (κ2) is 6.89. The van der Waals surface area contributed by atoms with Crippen molar-refractivity contribution in [3.8, 4) is 12.3 Å². The number of ketones is 1. The van der Waals surface area contributed by atoms with Crippen LogP contribution in [0, 0.1) is 25.1 Å². The molecule has 0 spiro atoms. The number of amides is 2. The number of Topliss-reactive ketones (excluding diaryl/α,β-unsaturated/α-hetero) is 1. The SMILES string of the molecule is C#CC1(NC(=O)C(=O)c2c(C)c(C(=O)Nc3cccc(F)c3)n3c2CCC3)CC1. The maximum absolute atomic E-state index is 13.4. The van der Waals surface area contributed by atoms with E-state index < -0.39 is 29.0 Å². The number of fused-ring (bicyclic) bond motifs is 1. The topological polar surface area (TPSA) is 80.2 Å². The molecule has 1 saturated carbocycles. The lowest BCUT2D eigenvalue weighted by Crippen LogP contribution is -2.40. The first-order valence-corrected chi connectivity index (χ1v) is 9.49. The molecule has 2 aliphatic rings. The summed E-state index contributed by atoms with van der Waals surface area (Å²) in [6, 6.07) is 5.58. The summed E-state index contributed by atoms with van der Waals surface area (Å²) in [6.45, 7) is 2.23. The number of rotatable bonds is 5. The van der Waals surface area contributed by atoms with Gasteiger partial charge < -0.3 is 15.2 Å². The number of terminal acetylenes is 1. The van der Waals surface area contributed by atoms with Crippen LogP contribution in [0.5, 0.6) is 0 Å². The van der Waals surface area contributed by atoms with Crippen LogP contribution in [-0.4, -0.2) is 27.7 Å². The highest BCUT2D eigenvalue weighted by Crippen LogP contribution is 2.35. The van der Waals surface area contributed by atoms with Crippen LogP contribution in [0.3, 0.4) is 0 Å². The molecule has 7 heteroatoms. The molecule has 148 valence electrons. The first kappa shape index (κ1) is 18.9. The van der Waals surface area contributed by atoms with E-state index >= 15 is 0 Å². The minimum Gasteiger partial charge on any atom is -0.340 e. The Morgan fingerprint density at radius 2 is 2.03 bits per heavy atom. The molecule has 4 rings (SSSR count). The lowest BCUT2D eigenvalue weighted by Gasteiger charge is -2.10. The first-order chi connectivity index (χ1) is 13.8. The molecule has 0 unspecified atom stereocenters. The van der Waals surface area contributed by atoms with E-state index in [0.29, 0.717) is 48.4 Å². The Balaban J connectivity index is 1.65. The monoisotopic (exact) mass is 393 g/mol. The van der Waals surface area contributed by atoms with Crippen LogP contribution in [0.1, 0.15) is 51.4 Å². The van der Waals surface area contributed by atoms with Gasteiger partial charge >= 0.3 is 0 Å². The number of hydrogen-bond acceptors (Lipinski definition) is 3. The Hall–Kier alpha value is -3.40. The van der Waals surface area contributed by atoms with Crippen LogP contribution in [0.25, 0.3) is 0 Å². The van der Waals surface area contributed by atoms with Gasteiger partial charge in [-0.15, -0.1) is 6.42 Å². The van der Waals surface area contributed by atoms with Gasteiger partial charge in [0.15, 0.2) is 0 Å². The molecule has 0 bridgehead atoms. The molecule has 1 aromatic heterocycles. The van der Waals surface area contributed by atoms with Gasteiger partial charge in [0.1, 0.15) is 17.1 Å². The molecule has 0 atom stereocenters. The molecule has 1 fully saturated rings. The third kappa shape index (κ3) is 3.31. The van der Waals surface area contributed by atoms with E-state index in [1.165, 1.54) is 18.2 Å². The fraction of sp³-hybridized carbons (Fsp3) is 0.318. The Bertz CT molecular complexity index is 1090.